The van der Waals surface area contributed by atoms with Crippen molar-refractivity contribution >= 4 is 5.69 Å². The van der Waals surface area contributed by atoms with E-state index in [2.05, 4.69) is 5.32 Å². The van der Waals surface area contributed by atoms with E-state index >= 15 is 0 Å². The van der Waals surface area contributed by atoms with Gasteiger partial charge in [-0.3, -0.25) is 0 Å². The van der Waals surface area contributed by atoms with Gasteiger partial charge >= 0.3 is 6.18 Å². The fraction of sp³-hybridized carbons (Fsp3) is 0.571. The molecule has 0 aliphatic heterocycles. The molecule has 1 aromatic rings. The molecule has 0 aromatic heterocycles. The second-order valence-corrected chi connectivity index (χ2v) is 4.78. The van der Waals surface area contributed by atoms with E-state index in [1.807, 2.05) is 13.8 Å². The molecule has 0 aliphatic carbocycles. The molecule has 4 nitrogen and oxygen atoms in total. The lowest BCUT2D eigenvalue weighted by molar-refractivity contribution is -0.119. The summed E-state index contributed by atoms with van der Waals surface area (Å²) in [6.45, 7) is 2.78. The van der Waals surface area contributed by atoms with Gasteiger partial charge in [0.1, 0.15) is 12.3 Å². The molecule has 1 aromatic carbocycles. The lowest BCUT2D eigenvalue weighted by atomic mass is 10.1. The SMILES string of the molecule is CCNC(C)c1ccc(N(CCO)CC(F)(F)F)cc1O. The van der Waals surface area contributed by atoms with Crippen LogP contribution in [0, 0.1) is 0 Å². The summed E-state index contributed by atoms with van der Waals surface area (Å²) >= 11 is 0. The maximum atomic E-state index is 12.5. The minimum absolute atomic E-state index is 0.0638. The monoisotopic (exact) mass is 306 g/mol. The van der Waals surface area contributed by atoms with E-state index in [1.54, 1.807) is 6.07 Å². The fourth-order valence-electron chi connectivity index (χ4n) is 2.15. The first-order chi connectivity index (χ1) is 9.78. The minimum atomic E-state index is -4.37. The van der Waals surface area contributed by atoms with Crippen LogP contribution in [0.5, 0.6) is 5.75 Å². The van der Waals surface area contributed by atoms with E-state index in [0.717, 1.165) is 4.90 Å². The van der Waals surface area contributed by atoms with E-state index in [0.29, 0.717) is 12.1 Å². The summed E-state index contributed by atoms with van der Waals surface area (Å²) in [5, 5.41) is 22.0. The summed E-state index contributed by atoms with van der Waals surface area (Å²) in [4.78, 5) is 0.988. The highest BCUT2D eigenvalue weighted by atomic mass is 19.4. The normalized spacial score (nSPS) is 13.2. The Bertz CT molecular complexity index is 452. The third-order valence-electron chi connectivity index (χ3n) is 3.10. The van der Waals surface area contributed by atoms with Gasteiger partial charge < -0.3 is 20.4 Å². The number of hydrogen-bond acceptors (Lipinski definition) is 4. The Morgan fingerprint density at radius 1 is 1.33 bits per heavy atom. The lowest BCUT2D eigenvalue weighted by Crippen LogP contribution is -2.36. The molecule has 0 radical (unpaired) electrons. The standard InChI is InChI=1S/C14H21F3N2O2/c1-3-18-10(2)12-5-4-11(8-13(12)21)19(6-7-20)9-14(15,16)17/h4-5,8,10,18,20-21H,3,6-7,9H2,1-2H3. The van der Waals surface area contributed by atoms with Crippen molar-refractivity contribution in [1.29, 1.82) is 0 Å². The average molecular weight is 306 g/mol. The van der Waals surface area contributed by atoms with Crippen LogP contribution < -0.4 is 10.2 Å². The Labute approximate surface area is 122 Å². The minimum Gasteiger partial charge on any atom is -0.508 e. The first-order valence-corrected chi connectivity index (χ1v) is 6.77. The third kappa shape index (κ3) is 5.43. The van der Waals surface area contributed by atoms with Gasteiger partial charge in [-0.15, -0.1) is 0 Å². The first-order valence-electron chi connectivity index (χ1n) is 6.77. The van der Waals surface area contributed by atoms with Crippen molar-refractivity contribution in [1.82, 2.24) is 5.32 Å². The summed E-state index contributed by atoms with van der Waals surface area (Å²) in [7, 11) is 0. The molecule has 3 N–H and O–H groups in total. The van der Waals surface area contributed by atoms with Crippen LogP contribution in [-0.4, -0.2) is 42.6 Å². The highest BCUT2D eigenvalue weighted by Crippen LogP contribution is 2.30. The molecule has 1 rings (SSSR count). The lowest BCUT2D eigenvalue weighted by Gasteiger charge is -2.26. The van der Waals surface area contributed by atoms with Crippen LogP contribution in [0.25, 0.3) is 0 Å². The van der Waals surface area contributed by atoms with Crippen LogP contribution in [0.1, 0.15) is 25.5 Å². The van der Waals surface area contributed by atoms with E-state index in [4.69, 9.17) is 5.11 Å². The van der Waals surface area contributed by atoms with Crippen molar-refractivity contribution in [3.05, 3.63) is 23.8 Å². The van der Waals surface area contributed by atoms with Gasteiger partial charge in [-0.25, -0.2) is 0 Å². The smallest absolute Gasteiger partial charge is 0.405 e. The van der Waals surface area contributed by atoms with Crippen LogP contribution in [0.15, 0.2) is 18.2 Å². The quantitative estimate of drug-likeness (QED) is 0.724. The third-order valence-corrected chi connectivity index (χ3v) is 3.10. The molecule has 0 heterocycles. The maximum Gasteiger partial charge on any atom is 0.405 e. The summed E-state index contributed by atoms with van der Waals surface area (Å²) in [5.74, 6) is -0.0638. The van der Waals surface area contributed by atoms with Gasteiger partial charge in [-0.1, -0.05) is 13.0 Å². The van der Waals surface area contributed by atoms with Gasteiger partial charge in [-0.2, -0.15) is 13.2 Å². The Hall–Kier alpha value is -1.47. The number of nitrogens with one attached hydrogen (secondary N) is 1. The maximum absolute atomic E-state index is 12.5. The van der Waals surface area contributed by atoms with Crippen LogP contribution in [0.2, 0.25) is 0 Å². The zero-order valence-electron chi connectivity index (χ0n) is 12.1. The van der Waals surface area contributed by atoms with Crippen molar-refractivity contribution in [2.45, 2.75) is 26.1 Å². The van der Waals surface area contributed by atoms with Crippen molar-refractivity contribution < 1.29 is 23.4 Å². The fourth-order valence-corrected chi connectivity index (χ4v) is 2.15. The van der Waals surface area contributed by atoms with E-state index in [9.17, 15) is 18.3 Å². The van der Waals surface area contributed by atoms with Crippen LogP contribution in [0.3, 0.4) is 0 Å². The second-order valence-electron chi connectivity index (χ2n) is 4.78. The molecule has 0 amide bonds. The first kappa shape index (κ1) is 17.6. The van der Waals surface area contributed by atoms with Crippen molar-refractivity contribution in [3.8, 4) is 5.75 Å². The highest BCUT2D eigenvalue weighted by molar-refractivity contribution is 5.54. The van der Waals surface area contributed by atoms with Crippen LogP contribution in [-0.2, 0) is 0 Å². The van der Waals surface area contributed by atoms with Gasteiger partial charge in [0.15, 0.2) is 0 Å². The number of alkyl halides is 3. The predicted molar refractivity (Wildman–Crippen MR) is 75.6 cm³/mol. The number of nitrogens with zero attached hydrogens (tertiary/aromatic N) is 1. The van der Waals surface area contributed by atoms with Gasteiger partial charge in [0.25, 0.3) is 0 Å². The number of aliphatic hydroxyl groups is 1. The Morgan fingerprint density at radius 3 is 2.48 bits per heavy atom. The van der Waals surface area contributed by atoms with Crippen molar-refractivity contribution in [2.24, 2.45) is 0 Å². The molecule has 0 fully saturated rings. The number of halogens is 3. The number of phenolic OH excluding ortho intramolecular Hbond substituents is 1. The molecule has 1 unspecified atom stereocenters. The molecule has 0 saturated carbocycles. The van der Waals surface area contributed by atoms with Gasteiger partial charge in [0.05, 0.1) is 6.61 Å². The van der Waals surface area contributed by atoms with E-state index in [1.165, 1.54) is 12.1 Å². The van der Waals surface area contributed by atoms with Gasteiger partial charge in [0, 0.05) is 29.9 Å². The Balaban J connectivity index is 2.98. The Morgan fingerprint density at radius 2 is 2.00 bits per heavy atom. The number of aliphatic hydroxyl groups excluding tert-OH is 1. The molecule has 0 aliphatic rings. The van der Waals surface area contributed by atoms with E-state index in [-0.39, 0.29) is 24.0 Å². The highest BCUT2D eigenvalue weighted by Gasteiger charge is 2.31. The zero-order valence-corrected chi connectivity index (χ0v) is 12.1. The van der Waals surface area contributed by atoms with Crippen molar-refractivity contribution in [2.75, 3.05) is 31.1 Å². The molecule has 0 saturated heterocycles. The molecule has 0 bridgehead atoms. The molecule has 1 atom stereocenters. The molecular formula is C14H21F3N2O2. The van der Waals surface area contributed by atoms with Gasteiger partial charge in [-0.05, 0) is 19.5 Å². The molecule has 0 spiro atoms. The number of anilines is 1. The van der Waals surface area contributed by atoms with Crippen LogP contribution in [0.4, 0.5) is 18.9 Å². The summed E-state index contributed by atoms with van der Waals surface area (Å²) in [6.07, 6.45) is -4.37. The molecule has 21 heavy (non-hydrogen) atoms. The molecule has 7 heteroatoms. The number of rotatable bonds is 7. The number of benzene rings is 1. The summed E-state index contributed by atoms with van der Waals surface area (Å²) < 4.78 is 37.6. The van der Waals surface area contributed by atoms with E-state index < -0.39 is 19.3 Å². The van der Waals surface area contributed by atoms with Gasteiger partial charge in [0.2, 0.25) is 0 Å². The summed E-state index contributed by atoms with van der Waals surface area (Å²) in [6, 6.07) is 4.31. The van der Waals surface area contributed by atoms with Crippen molar-refractivity contribution in [3.63, 3.8) is 0 Å². The molecular weight excluding hydrogens is 285 g/mol. The average Bonchev–Trinajstić information content (AvgIpc) is 2.36. The number of aromatic hydroxyl groups is 1. The largest absolute Gasteiger partial charge is 0.508 e. The topological polar surface area (TPSA) is 55.7 Å². The second kappa shape index (κ2) is 7.51. The summed E-state index contributed by atoms with van der Waals surface area (Å²) in [5.41, 5.74) is 0.850. The number of phenols is 1. The predicted octanol–water partition coefficient (Wildman–Crippen LogP) is 2.42. The Kier molecular flexibility index (Phi) is 6.29. The van der Waals surface area contributed by atoms with Crippen LogP contribution >= 0.6 is 0 Å². The number of hydrogen-bond donors (Lipinski definition) is 3. The zero-order chi connectivity index (χ0) is 16.0. The molecule has 120 valence electrons.